The lowest BCUT2D eigenvalue weighted by Crippen LogP contribution is -2.05. The molecule has 10 heteroatoms. The summed E-state index contributed by atoms with van der Waals surface area (Å²) in [5.41, 5.74) is 6.98. The summed E-state index contributed by atoms with van der Waals surface area (Å²) in [4.78, 5) is 10.2. The molecular formula is C54H32F6N4. The lowest BCUT2D eigenvalue weighted by molar-refractivity contribution is -0.138. The summed E-state index contributed by atoms with van der Waals surface area (Å²) in [6, 6.07) is 57.6. The van der Waals surface area contributed by atoms with Gasteiger partial charge in [-0.3, -0.25) is 0 Å². The zero-order valence-corrected chi connectivity index (χ0v) is 33.5. The van der Waals surface area contributed by atoms with E-state index < -0.39 is 23.5 Å². The van der Waals surface area contributed by atoms with Crippen LogP contribution in [0, 0.1) is 0 Å². The second-order valence-electron chi connectivity index (χ2n) is 15.6. The summed E-state index contributed by atoms with van der Waals surface area (Å²) in [6.45, 7) is 0. The van der Waals surface area contributed by atoms with Crippen LogP contribution in [0.4, 0.5) is 26.3 Å². The third-order valence-electron chi connectivity index (χ3n) is 11.8. The lowest BCUT2D eigenvalue weighted by atomic mass is 9.98. The summed E-state index contributed by atoms with van der Waals surface area (Å²) in [5, 5.41) is 2.15. The van der Waals surface area contributed by atoms with E-state index in [-0.39, 0.29) is 10.8 Å². The fourth-order valence-electron chi connectivity index (χ4n) is 8.89. The van der Waals surface area contributed by atoms with Crippen LogP contribution in [0.5, 0.6) is 0 Å². The van der Waals surface area contributed by atoms with Gasteiger partial charge in [-0.1, -0.05) is 127 Å². The van der Waals surface area contributed by atoms with Crippen LogP contribution < -0.4 is 0 Å². The minimum Gasteiger partial charge on any atom is -0.309 e. The smallest absolute Gasteiger partial charge is 0.309 e. The first-order valence-corrected chi connectivity index (χ1v) is 20.5. The topological polar surface area (TPSA) is 35.6 Å². The van der Waals surface area contributed by atoms with Crippen LogP contribution in [0.15, 0.2) is 194 Å². The van der Waals surface area contributed by atoms with Crippen molar-refractivity contribution in [2.75, 3.05) is 0 Å². The second kappa shape index (κ2) is 14.8. The Morgan fingerprint density at radius 3 is 1.30 bits per heavy atom. The highest BCUT2D eigenvalue weighted by molar-refractivity contribution is 6.12. The molecule has 0 amide bonds. The largest absolute Gasteiger partial charge is 0.416 e. The van der Waals surface area contributed by atoms with Crippen molar-refractivity contribution in [3.05, 3.63) is 205 Å². The van der Waals surface area contributed by atoms with Crippen LogP contribution in [0.25, 0.3) is 100 Å². The van der Waals surface area contributed by atoms with Crippen LogP contribution in [-0.4, -0.2) is 19.1 Å². The maximum absolute atomic E-state index is 14.3. The molecule has 0 N–H and O–H groups in total. The Labute approximate surface area is 362 Å². The maximum atomic E-state index is 14.3. The fourth-order valence-corrected chi connectivity index (χ4v) is 8.89. The Hall–Kier alpha value is -7.98. The highest BCUT2D eigenvalue weighted by Gasteiger charge is 2.34. The van der Waals surface area contributed by atoms with Crippen molar-refractivity contribution in [2.24, 2.45) is 0 Å². The summed E-state index contributed by atoms with van der Waals surface area (Å²) in [5.74, 6) is 0.378. The molecule has 0 bridgehead atoms. The molecule has 310 valence electrons. The van der Waals surface area contributed by atoms with Gasteiger partial charge in [0.25, 0.3) is 0 Å². The van der Waals surface area contributed by atoms with Crippen LogP contribution in [0.1, 0.15) is 11.1 Å². The third-order valence-corrected chi connectivity index (χ3v) is 11.8. The van der Waals surface area contributed by atoms with Gasteiger partial charge < -0.3 is 9.13 Å². The van der Waals surface area contributed by atoms with Crippen molar-refractivity contribution >= 4 is 43.6 Å². The molecular weight excluding hydrogens is 819 g/mol. The number of rotatable bonds is 6. The first kappa shape index (κ1) is 38.9. The van der Waals surface area contributed by atoms with Gasteiger partial charge in [0.2, 0.25) is 0 Å². The van der Waals surface area contributed by atoms with Crippen molar-refractivity contribution in [3.8, 4) is 56.4 Å². The van der Waals surface area contributed by atoms with Crippen LogP contribution in [-0.2, 0) is 12.4 Å². The van der Waals surface area contributed by atoms with E-state index in [1.807, 2.05) is 133 Å². The van der Waals surface area contributed by atoms with E-state index in [9.17, 15) is 26.3 Å². The molecule has 4 nitrogen and oxygen atoms in total. The van der Waals surface area contributed by atoms with Gasteiger partial charge in [0.15, 0.2) is 5.82 Å². The number of fused-ring (bicyclic) bond motifs is 6. The van der Waals surface area contributed by atoms with Crippen molar-refractivity contribution < 1.29 is 26.3 Å². The highest BCUT2D eigenvalue weighted by Crippen LogP contribution is 2.44. The Balaban J connectivity index is 1.24. The number of alkyl halides is 6. The van der Waals surface area contributed by atoms with Gasteiger partial charge in [-0.2, -0.15) is 26.3 Å². The summed E-state index contributed by atoms with van der Waals surface area (Å²) >= 11 is 0. The lowest BCUT2D eigenvalue weighted by Gasteiger charge is -2.20. The van der Waals surface area contributed by atoms with E-state index in [2.05, 4.69) is 28.8 Å². The molecule has 11 rings (SSSR count). The molecule has 0 atom stereocenters. The molecule has 3 heterocycles. The third kappa shape index (κ3) is 6.57. The van der Waals surface area contributed by atoms with Gasteiger partial charge in [-0.05, 0) is 66.7 Å². The average molecular weight is 851 g/mol. The molecule has 0 aliphatic carbocycles. The number of halogens is 6. The van der Waals surface area contributed by atoms with Gasteiger partial charge in [0, 0.05) is 49.4 Å². The van der Waals surface area contributed by atoms with E-state index >= 15 is 0 Å². The quantitative estimate of drug-likeness (QED) is 0.156. The average Bonchev–Trinajstić information content (AvgIpc) is 3.83. The Kier molecular flexibility index (Phi) is 9.02. The fraction of sp³-hybridized carbons (Fsp3) is 0.0370. The summed E-state index contributed by atoms with van der Waals surface area (Å²) < 4.78 is 90.0. The van der Waals surface area contributed by atoms with Gasteiger partial charge in [-0.15, -0.1) is 0 Å². The van der Waals surface area contributed by atoms with Crippen molar-refractivity contribution in [2.45, 2.75) is 12.4 Å². The highest BCUT2D eigenvalue weighted by atomic mass is 19.4. The van der Waals surface area contributed by atoms with E-state index in [4.69, 9.17) is 9.97 Å². The number of nitrogens with zero attached hydrogens (tertiary/aromatic N) is 4. The van der Waals surface area contributed by atoms with Crippen LogP contribution >= 0.6 is 0 Å². The predicted octanol–water partition coefficient (Wildman–Crippen LogP) is 15.4. The molecule has 0 fully saturated rings. The molecule has 3 aromatic heterocycles. The van der Waals surface area contributed by atoms with Crippen molar-refractivity contribution in [1.82, 2.24) is 19.1 Å². The Bertz CT molecular complexity index is 3400. The van der Waals surface area contributed by atoms with Crippen LogP contribution in [0.3, 0.4) is 0 Å². The molecule has 0 aliphatic rings. The number of aromatic nitrogens is 4. The first-order chi connectivity index (χ1) is 31.0. The molecule has 0 saturated carbocycles. The number of hydrogen-bond donors (Lipinski definition) is 0. The molecule has 0 unspecified atom stereocenters. The first-order valence-electron chi connectivity index (χ1n) is 20.5. The maximum Gasteiger partial charge on any atom is 0.416 e. The molecule has 0 radical (unpaired) electrons. The molecule has 0 saturated heterocycles. The van der Waals surface area contributed by atoms with Gasteiger partial charge in [0.05, 0.1) is 56.0 Å². The summed E-state index contributed by atoms with van der Waals surface area (Å²) in [6.07, 6.45) is -9.48. The van der Waals surface area contributed by atoms with Crippen molar-refractivity contribution in [3.63, 3.8) is 0 Å². The molecule has 11 aromatic rings. The molecule has 8 aromatic carbocycles. The Morgan fingerprint density at radius 2 is 0.766 bits per heavy atom. The normalized spacial score (nSPS) is 12.2. The zero-order valence-electron chi connectivity index (χ0n) is 33.5. The standard InChI is InChI=1S/C54H32F6N4/c55-53(56,57)36-24-27-49-42(30-36)43-31-37(54(58,59)60)25-28-50(43)64(49)51-29-35(52-61-44(33-13-3-1-4-14-33)32-45(62-52)34-15-5-2-6-16-34)23-26-41(51)40-19-9-12-22-48(40)63-46-20-10-7-17-38(46)39-18-8-11-21-47(39)63/h1-32H. The zero-order chi connectivity index (χ0) is 43.7. The number of benzene rings is 8. The van der Waals surface area contributed by atoms with E-state index in [0.29, 0.717) is 45.1 Å². The van der Waals surface area contributed by atoms with E-state index in [1.54, 1.807) is 4.57 Å². The van der Waals surface area contributed by atoms with Crippen LogP contribution in [0.2, 0.25) is 0 Å². The second-order valence-corrected chi connectivity index (χ2v) is 15.6. The molecule has 64 heavy (non-hydrogen) atoms. The number of hydrogen-bond acceptors (Lipinski definition) is 2. The number of para-hydroxylation sites is 3. The molecule has 0 spiro atoms. The Morgan fingerprint density at radius 1 is 0.328 bits per heavy atom. The minimum atomic E-state index is -4.74. The SMILES string of the molecule is FC(F)(F)c1ccc2c(c1)c1cc(C(F)(F)F)ccc1n2-c1cc(-c2nc(-c3ccccc3)cc(-c3ccccc3)n2)ccc1-c1ccccc1-n1c2ccccc2c2ccccc21. The summed E-state index contributed by atoms with van der Waals surface area (Å²) in [7, 11) is 0. The monoisotopic (exact) mass is 850 g/mol. The van der Waals surface area contributed by atoms with E-state index in [0.717, 1.165) is 68.4 Å². The minimum absolute atomic E-state index is 0.0247. The van der Waals surface area contributed by atoms with Gasteiger partial charge in [0.1, 0.15) is 0 Å². The molecule has 0 aliphatic heterocycles. The van der Waals surface area contributed by atoms with Gasteiger partial charge >= 0.3 is 12.4 Å². The predicted molar refractivity (Wildman–Crippen MR) is 242 cm³/mol. The van der Waals surface area contributed by atoms with Gasteiger partial charge in [-0.25, -0.2) is 9.97 Å². The van der Waals surface area contributed by atoms with Crippen molar-refractivity contribution in [1.29, 1.82) is 0 Å². The van der Waals surface area contributed by atoms with E-state index in [1.165, 1.54) is 12.1 Å².